The van der Waals surface area contributed by atoms with E-state index in [-0.39, 0.29) is 31.0 Å². The highest BCUT2D eigenvalue weighted by atomic mass is 16.5. The zero-order valence-electron chi connectivity index (χ0n) is 14.0. The highest BCUT2D eigenvalue weighted by Crippen LogP contribution is 2.32. The van der Waals surface area contributed by atoms with Crippen molar-refractivity contribution in [3.63, 3.8) is 0 Å². The van der Waals surface area contributed by atoms with E-state index in [0.717, 1.165) is 45.1 Å². The van der Waals surface area contributed by atoms with E-state index in [1.807, 2.05) is 0 Å². The molecule has 23 heavy (non-hydrogen) atoms. The summed E-state index contributed by atoms with van der Waals surface area (Å²) in [7, 11) is 1.76. The number of ketones is 1. The zero-order valence-corrected chi connectivity index (χ0v) is 14.0. The fraction of sp³-hybridized carbons (Fsp3) is 0.895. The van der Waals surface area contributed by atoms with E-state index in [9.17, 15) is 9.59 Å². The first kappa shape index (κ1) is 20.1. The van der Waals surface area contributed by atoms with Crippen LogP contribution in [-0.2, 0) is 19.1 Å². The number of rotatable bonds is 6. The Morgan fingerprint density at radius 1 is 0.826 bits per heavy atom. The lowest BCUT2D eigenvalue weighted by molar-refractivity contribution is -0.152. The molecule has 4 heteroatoms. The first-order valence-electron chi connectivity index (χ1n) is 8.76. The van der Waals surface area contributed by atoms with Crippen LogP contribution in [0.5, 0.6) is 0 Å². The van der Waals surface area contributed by atoms with Crippen LogP contribution in [-0.4, -0.2) is 32.1 Å². The Labute approximate surface area is 141 Å². The molecule has 0 radical (unpaired) electrons. The molecule has 0 heterocycles. The van der Waals surface area contributed by atoms with Crippen molar-refractivity contribution < 1.29 is 19.1 Å². The van der Waals surface area contributed by atoms with Crippen molar-refractivity contribution in [3.05, 3.63) is 0 Å². The third kappa shape index (κ3) is 6.25. The molecule has 0 amide bonds. The molecule has 0 saturated heterocycles. The van der Waals surface area contributed by atoms with Crippen molar-refractivity contribution in [3.8, 4) is 0 Å². The van der Waals surface area contributed by atoms with Gasteiger partial charge in [-0.3, -0.25) is 9.59 Å². The molecule has 4 nitrogen and oxygen atoms in total. The van der Waals surface area contributed by atoms with Gasteiger partial charge in [-0.05, 0) is 70.1 Å². The molecule has 2 aliphatic carbocycles. The maximum absolute atomic E-state index is 12.2. The van der Waals surface area contributed by atoms with Crippen LogP contribution in [0, 0.1) is 23.7 Å². The molecule has 0 atom stereocenters. The summed E-state index contributed by atoms with van der Waals surface area (Å²) in [6, 6.07) is 0. The molecule has 0 aliphatic heterocycles. The Morgan fingerprint density at radius 2 is 1.30 bits per heavy atom. The van der Waals surface area contributed by atoms with Crippen molar-refractivity contribution in [1.29, 1.82) is 0 Å². The Morgan fingerprint density at radius 3 is 1.78 bits per heavy atom. The fourth-order valence-corrected chi connectivity index (χ4v) is 3.85. The van der Waals surface area contributed by atoms with E-state index in [1.165, 1.54) is 12.8 Å². The fourth-order valence-electron chi connectivity index (χ4n) is 3.85. The number of Topliss-reactive ketones (excluding diaryl/α,β-unsaturated/α-hetero) is 1. The number of hydrogen-bond acceptors (Lipinski definition) is 4. The van der Waals surface area contributed by atoms with Gasteiger partial charge >= 0.3 is 5.97 Å². The minimum atomic E-state index is -0.0407. The van der Waals surface area contributed by atoms with Gasteiger partial charge in [0.2, 0.25) is 0 Å². The van der Waals surface area contributed by atoms with Crippen LogP contribution in [0.4, 0.5) is 0 Å². The van der Waals surface area contributed by atoms with E-state index >= 15 is 0 Å². The second kappa shape index (κ2) is 10.1. The molecule has 2 aliphatic rings. The van der Waals surface area contributed by atoms with Crippen LogP contribution in [0.25, 0.3) is 0 Å². The normalized spacial score (nSPS) is 31.0. The summed E-state index contributed by atoms with van der Waals surface area (Å²) < 4.78 is 10.8. The lowest BCUT2D eigenvalue weighted by Crippen LogP contribution is -2.28. The maximum Gasteiger partial charge on any atom is 0.308 e. The van der Waals surface area contributed by atoms with Crippen molar-refractivity contribution in [1.82, 2.24) is 0 Å². The van der Waals surface area contributed by atoms with Gasteiger partial charge in [-0.15, -0.1) is 0 Å². The molecule has 2 fully saturated rings. The predicted octanol–water partition coefficient (Wildman–Crippen LogP) is 4.01. The minimum Gasteiger partial charge on any atom is -0.465 e. The van der Waals surface area contributed by atoms with Gasteiger partial charge in [0.1, 0.15) is 5.78 Å². The van der Waals surface area contributed by atoms with Gasteiger partial charge < -0.3 is 9.47 Å². The number of ether oxygens (including phenoxy) is 2. The number of carbonyl (C=O) groups excluding carboxylic acids is 2. The van der Waals surface area contributed by atoms with Crippen LogP contribution >= 0.6 is 0 Å². The molecule has 2 saturated carbocycles. The number of methoxy groups -OCH3 is 1. The van der Waals surface area contributed by atoms with Crippen LogP contribution in [0.2, 0.25) is 0 Å². The molecular weight excluding hydrogens is 292 g/mol. The Kier molecular flexibility index (Phi) is 8.82. The second-order valence-corrected chi connectivity index (χ2v) is 7.13. The van der Waals surface area contributed by atoms with Crippen LogP contribution in [0.1, 0.15) is 65.7 Å². The van der Waals surface area contributed by atoms with Crippen molar-refractivity contribution >= 4 is 11.8 Å². The smallest absolute Gasteiger partial charge is 0.308 e. The first-order valence-corrected chi connectivity index (χ1v) is 8.76. The Balaban J connectivity index is 0.00000264. The van der Waals surface area contributed by atoms with Crippen molar-refractivity contribution in [2.45, 2.75) is 65.7 Å². The van der Waals surface area contributed by atoms with Gasteiger partial charge in [-0.25, -0.2) is 0 Å². The first-order chi connectivity index (χ1) is 10.6. The molecule has 134 valence electrons. The molecule has 0 N–H and O–H groups in total. The molecular formula is C19H34O4. The summed E-state index contributed by atoms with van der Waals surface area (Å²) in [6.07, 6.45) is 7.94. The summed E-state index contributed by atoms with van der Waals surface area (Å²) in [4.78, 5) is 23.5. The molecule has 0 unspecified atom stereocenters. The molecule has 0 bridgehead atoms. The van der Waals surface area contributed by atoms with Gasteiger partial charge in [0.25, 0.3) is 0 Å². The highest BCUT2D eigenvalue weighted by Gasteiger charge is 2.30. The minimum absolute atomic E-state index is 0. The van der Waals surface area contributed by atoms with E-state index in [1.54, 1.807) is 14.0 Å². The monoisotopic (exact) mass is 326 g/mol. The Bertz CT molecular complexity index is 364. The van der Waals surface area contributed by atoms with Crippen LogP contribution in [0.15, 0.2) is 0 Å². The maximum atomic E-state index is 12.2. The average molecular weight is 326 g/mol. The predicted molar refractivity (Wildman–Crippen MR) is 91.1 cm³/mol. The highest BCUT2D eigenvalue weighted by molar-refractivity contribution is 5.79. The van der Waals surface area contributed by atoms with E-state index in [0.29, 0.717) is 18.4 Å². The summed E-state index contributed by atoms with van der Waals surface area (Å²) in [5.41, 5.74) is 0. The summed E-state index contributed by atoms with van der Waals surface area (Å²) in [5, 5.41) is 0. The average Bonchev–Trinajstić information content (AvgIpc) is 2.54. The topological polar surface area (TPSA) is 52.6 Å². The van der Waals surface area contributed by atoms with Gasteiger partial charge in [0, 0.05) is 19.6 Å². The third-order valence-corrected chi connectivity index (χ3v) is 5.47. The molecule has 0 aromatic carbocycles. The van der Waals surface area contributed by atoms with E-state index < -0.39 is 0 Å². The van der Waals surface area contributed by atoms with Crippen LogP contribution < -0.4 is 0 Å². The van der Waals surface area contributed by atoms with Gasteiger partial charge in [0.05, 0.1) is 12.5 Å². The molecule has 2 rings (SSSR count). The lowest BCUT2D eigenvalue weighted by atomic mass is 9.80. The van der Waals surface area contributed by atoms with Gasteiger partial charge in [-0.2, -0.15) is 0 Å². The van der Waals surface area contributed by atoms with Crippen molar-refractivity contribution in [2.75, 3.05) is 20.3 Å². The number of esters is 1. The Hall–Kier alpha value is -0.900. The number of carbonyl (C=O) groups is 2. The van der Waals surface area contributed by atoms with Gasteiger partial charge in [0.15, 0.2) is 0 Å². The molecule has 0 aromatic heterocycles. The molecule has 0 spiro atoms. The summed E-state index contributed by atoms with van der Waals surface area (Å²) in [6.45, 7) is 3.08. The van der Waals surface area contributed by atoms with Crippen molar-refractivity contribution in [2.24, 2.45) is 23.7 Å². The largest absolute Gasteiger partial charge is 0.465 e. The van der Waals surface area contributed by atoms with Crippen LogP contribution in [0.3, 0.4) is 0 Å². The SMILES string of the molecule is C.COCC1CCC(COC(=O)C2CCC(C(C)=O)CC2)CC1. The standard InChI is InChI=1S/C18H30O4.CH4/c1-13(19)16-7-9-17(10-8-16)18(20)22-12-15-5-3-14(4-6-15)11-21-2;/h14-17H,3-12H2,1-2H3;1H4. The quantitative estimate of drug-likeness (QED) is 0.692. The number of hydrogen-bond donors (Lipinski definition) is 0. The third-order valence-electron chi connectivity index (χ3n) is 5.47. The second-order valence-electron chi connectivity index (χ2n) is 7.13. The summed E-state index contributed by atoms with van der Waals surface area (Å²) in [5.74, 6) is 1.60. The lowest BCUT2D eigenvalue weighted by Gasteiger charge is -2.29. The van der Waals surface area contributed by atoms with Gasteiger partial charge in [-0.1, -0.05) is 7.43 Å². The molecule has 0 aromatic rings. The van der Waals surface area contributed by atoms with E-state index in [4.69, 9.17) is 9.47 Å². The van der Waals surface area contributed by atoms with E-state index in [2.05, 4.69) is 0 Å². The zero-order chi connectivity index (χ0) is 15.9. The summed E-state index contributed by atoms with van der Waals surface area (Å²) >= 11 is 0.